The van der Waals surface area contributed by atoms with Crippen molar-refractivity contribution in [3.05, 3.63) is 0 Å². The largest absolute Gasteiger partial charge is 0.298 e. The maximum atomic E-state index is 11.2. The van der Waals surface area contributed by atoms with Crippen LogP contribution in [0.15, 0.2) is 0 Å². The van der Waals surface area contributed by atoms with Crippen molar-refractivity contribution in [3.63, 3.8) is 0 Å². The van der Waals surface area contributed by atoms with Crippen molar-refractivity contribution in [2.45, 2.75) is 19.3 Å². The van der Waals surface area contributed by atoms with Crippen LogP contribution in [0.3, 0.4) is 0 Å². The van der Waals surface area contributed by atoms with Gasteiger partial charge in [-0.25, -0.2) is 8.42 Å². The Bertz CT molecular complexity index is 298. The fourth-order valence-electron chi connectivity index (χ4n) is 1.93. The van der Waals surface area contributed by atoms with E-state index in [-0.39, 0.29) is 17.3 Å². The van der Waals surface area contributed by atoms with Crippen molar-refractivity contribution in [2.24, 2.45) is 5.41 Å². The van der Waals surface area contributed by atoms with Gasteiger partial charge in [0, 0.05) is 5.41 Å². The van der Waals surface area contributed by atoms with E-state index in [9.17, 15) is 13.2 Å². The highest BCUT2D eigenvalue weighted by atomic mass is 32.2. The van der Waals surface area contributed by atoms with E-state index in [1.165, 1.54) is 0 Å². The number of carbonyl (C=O) groups excluding carboxylic acids is 1. The van der Waals surface area contributed by atoms with Gasteiger partial charge in [0.1, 0.15) is 5.75 Å². The maximum absolute atomic E-state index is 11.2. The summed E-state index contributed by atoms with van der Waals surface area (Å²) in [5.41, 5.74) is -0.418. The second-order valence-electron chi connectivity index (χ2n) is 3.59. The number of hydrogen-bond donors (Lipinski definition) is 0. The van der Waals surface area contributed by atoms with Gasteiger partial charge in [0.05, 0.1) is 5.75 Å². The first kappa shape index (κ1) is 7.28. The van der Waals surface area contributed by atoms with Crippen LogP contribution in [-0.2, 0) is 14.6 Å². The highest BCUT2D eigenvalue weighted by Crippen LogP contribution is 2.46. The number of Topliss-reactive ketones (excluding diaryl/α,β-unsaturated/α-hetero) is 1. The second kappa shape index (κ2) is 1.86. The van der Waals surface area contributed by atoms with E-state index in [0.717, 1.165) is 19.3 Å². The van der Waals surface area contributed by atoms with Gasteiger partial charge in [0.25, 0.3) is 0 Å². The molecule has 2 fully saturated rings. The molecule has 0 radical (unpaired) electrons. The van der Waals surface area contributed by atoms with Crippen molar-refractivity contribution in [1.82, 2.24) is 0 Å². The molecule has 0 aromatic carbocycles. The van der Waals surface area contributed by atoms with Gasteiger partial charge in [-0.3, -0.25) is 4.79 Å². The van der Waals surface area contributed by atoms with Gasteiger partial charge in [-0.05, 0) is 12.8 Å². The summed E-state index contributed by atoms with van der Waals surface area (Å²) in [5, 5.41) is 0. The predicted molar refractivity (Wildman–Crippen MR) is 39.9 cm³/mol. The van der Waals surface area contributed by atoms with Crippen LogP contribution < -0.4 is 0 Å². The third kappa shape index (κ3) is 0.922. The van der Waals surface area contributed by atoms with Crippen LogP contribution in [0.1, 0.15) is 19.3 Å². The van der Waals surface area contributed by atoms with Crippen LogP contribution in [0.2, 0.25) is 0 Å². The molecule has 62 valence electrons. The minimum absolute atomic E-state index is 0.0382. The van der Waals surface area contributed by atoms with Crippen molar-refractivity contribution in [2.75, 3.05) is 11.5 Å². The molecular formula is C7H10O3S. The van der Waals surface area contributed by atoms with Gasteiger partial charge in [-0.1, -0.05) is 6.42 Å². The van der Waals surface area contributed by atoms with E-state index >= 15 is 0 Å². The van der Waals surface area contributed by atoms with Gasteiger partial charge in [0.15, 0.2) is 15.6 Å². The van der Waals surface area contributed by atoms with E-state index < -0.39 is 15.3 Å². The van der Waals surface area contributed by atoms with Crippen molar-refractivity contribution in [3.8, 4) is 0 Å². The average molecular weight is 174 g/mol. The van der Waals surface area contributed by atoms with E-state index in [1.807, 2.05) is 0 Å². The van der Waals surface area contributed by atoms with Crippen LogP contribution in [0.25, 0.3) is 0 Å². The van der Waals surface area contributed by atoms with Crippen molar-refractivity contribution in [1.29, 1.82) is 0 Å². The Hall–Kier alpha value is -0.380. The number of ketones is 1. The molecule has 0 amide bonds. The molecule has 1 spiro atoms. The predicted octanol–water partition coefficient (Wildman–Crippen LogP) is 0.154. The molecule has 11 heavy (non-hydrogen) atoms. The van der Waals surface area contributed by atoms with Crippen molar-refractivity contribution < 1.29 is 13.2 Å². The Balaban J connectivity index is 2.34. The molecule has 1 aliphatic heterocycles. The summed E-state index contributed by atoms with van der Waals surface area (Å²) < 4.78 is 22.1. The van der Waals surface area contributed by atoms with Gasteiger partial charge < -0.3 is 0 Å². The molecular weight excluding hydrogens is 164 g/mol. The summed E-state index contributed by atoms with van der Waals surface area (Å²) in [6.45, 7) is 0. The number of carbonyl (C=O) groups is 1. The Kier molecular flexibility index (Phi) is 1.23. The summed E-state index contributed by atoms with van der Waals surface area (Å²) in [6, 6.07) is 0. The molecule has 2 aliphatic rings. The molecule has 1 aliphatic carbocycles. The van der Waals surface area contributed by atoms with Crippen molar-refractivity contribution >= 4 is 15.6 Å². The number of rotatable bonds is 0. The SMILES string of the molecule is O=C1CS(=O)(=O)CC12CCC2. The van der Waals surface area contributed by atoms with Crippen LogP contribution in [0.5, 0.6) is 0 Å². The first-order chi connectivity index (χ1) is 5.04. The first-order valence-corrected chi connectivity index (χ1v) is 5.60. The molecule has 0 atom stereocenters. The highest BCUT2D eigenvalue weighted by molar-refractivity contribution is 7.92. The Labute approximate surface area is 65.7 Å². The second-order valence-corrected chi connectivity index (χ2v) is 5.65. The Morgan fingerprint density at radius 1 is 1.27 bits per heavy atom. The lowest BCUT2D eigenvalue weighted by molar-refractivity contribution is -0.128. The summed E-state index contributed by atoms with van der Waals surface area (Å²) in [6.07, 6.45) is 2.61. The van der Waals surface area contributed by atoms with Crippen LogP contribution in [-0.4, -0.2) is 25.7 Å². The summed E-state index contributed by atoms with van der Waals surface area (Å²) in [4.78, 5) is 11.2. The zero-order chi connectivity index (χ0) is 8.11. The molecule has 1 saturated heterocycles. The maximum Gasteiger partial charge on any atom is 0.158 e. The van der Waals surface area contributed by atoms with Crippen LogP contribution in [0.4, 0.5) is 0 Å². The van der Waals surface area contributed by atoms with E-state index in [1.54, 1.807) is 0 Å². The molecule has 0 aromatic rings. The molecule has 0 bridgehead atoms. The lowest BCUT2D eigenvalue weighted by Crippen LogP contribution is -2.36. The summed E-state index contributed by atoms with van der Waals surface area (Å²) in [7, 11) is -3.01. The van der Waals surface area contributed by atoms with E-state index in [2.05, 4.69) is 0 Å². The fraction of sp³-hybridized carbons (Fsp3) is 0.857. The Morgan fingerprint density at radius 3 is 2.09 bits per heavy atom. The summed E-state index contributed by atoms with van der Waals surface area (Å²) in [5.74, 6) is -0.116. The van der Waals surface area contributed by atoms with Gasteiger partial charge >= 0.3 is 0 Å². The molecule has 0 unspecified atom stereocenters. The highest BCUT2D eigenvalue weighted by Gasteiger charge is 2.52. The number of hydrogen-bond acceptors (Lipinski definition) is 3. The quantitative estimate of drug-likeness (QED) is 0.525. The van der Waals surface area contributed by atoms with Gasteiger partial charge in [-0.2, -0.15) is 0 Å². The molecule has 3 nitrogen and oxygen atoms in total. The molecule has 1 saturated carbocycles. The zero-order valence-corrected chi connectivity index (χ0v) is 6.99. The summed E-state index contributed by atoms with van der Waals surface area (Å²) >= 11 is 0. The first-order valence-electron chi connectivity index (χ1n) is 3.78. The lowest BCUT2D eigenvalue weighted by atomic mass is 9.68. The normalized spacial score (nSPS) is 32.2. The molecule has 0 aromatic heterocycles. The minimum Gasteiger partial charge on any atom is -0.298 e. The number of sulfone groups is 1. The van der Waals surface area contributed by atoms with Crippen LogP contribution in [0, 0.1) is 5.41 Å². The fourth-order valence-corrected chi connectivity index (χ4v) is 4.03. The van der Waals surface area contributed by atoms with Crippen LogP contribution >= 0.6 is 0 Å². The molecule has 1 heterocycles. The lowest BCUT2D eigenvalue weighted by Gasteiger charge is -2.34. The molecule has 0 N–H and O–H groups in total. The molecule has 4 heteroatoms. The van der Waals surface area contributed by atoms with E-state index in [0.29, 0.717) is 0 Å². The zero-order valence-electron chi connectivity index (χ0n) is 6.17. The third-order valence-electron chi connectivity index (χ3n) is 2.75. The van der Waals surface area contributed by atoms with Gasteiger partial charge in [0.2, 0.25) is 0 Å². The topological polar surface area (TPSA) is 51.2 Å². The smallest absolute Gasteiger partial charge is 0.158 e. The third-order valence-corrected chi connectivity index (χ3v) is 4.44. The van der Waals surface area contributed by atoms with Gasteiger partial charge in [-0.15, -0.1) is 0 Å². The minimum atomic E-state index is -3.01. The average Bonchev–Trinajstić information content (AvgIpc) is 1.99. The Morgan fingerprint density at radius 2 is 1.91 bits per heavy atom. The standard InChI is InChI=1S/C7H10O3S/c8-6-4-11(9,10)5-7(6)2-1-3-7/h1-5H2. The monoisotopic (exact) mass is 174 g/mol. The molecule has 2 rings (SSSR count). The van der Waals surface area contributed by atoms with E-state index in [4.69, 9.17) is 0 Å².